The van der Waals surface area contributed by atoms with Crippen LogP contribution in [-0.4, -0.2) is 16.1 Å². The molecule has 6 heteroatoms. The van der Waals surface area contributed by atoms with Gasteiger partial charge in [0.2, 0.25) is 0 Å². The highest BCUT2D eigenvalue weighted by Gasteiger charge is 2.17. The van der Waals surface area contributed by atoms with E-state index in [1.54, 1.807) is 0 Å². The van der Waals surface area contributed by atoms with Gasteiger partial charge in [-0.3, -0.25) is 4.79 Å². The molecule has 0 saturated heterocycles. The molecule has 76 valence electrons. The van der Waals surface area contributed by atoms with Crippen LogP contribution in [0.2, 0.25) is 0 Å². The highest BCUT2D eigenvalue weighted by atomic mass is 19.3. The second-order valence-electron chi connectivity index (χ2n) is 2.70. The monoisotopic (exact) mass is 203 g/mol. The van der Waals surface area contributed by atoms with Gasteiger partial charge < -0.3 is 10.1 Å². The molecule has 0 fully saturated rings. The first-order chi connectivity index (χ1) is 6.43. The van der Waals surface area contributed by atoms with Gasteiger partial charge in [-0.2, -0.15) is 0 Å². The second-order valence-corrected chi connectivity index (χ2v) is 2.70. The van der Waals surface area contributed by atoms with Crippen molar-refractivity contribution in [2.75, 3.05) is 0 Å². The van der Waals surface area contributed by atoms with E-state index >= 15 is 0 Å². The zero-order valence-electron chi connectivity index (χ0n) is 7.17. The summed E-state index contributed by atoms with van der Waals surface area (Å²) < 4.78 is 24.6. The first-order valence-electron chi connectivity index (χ1n) is 3.68. The zero-order chi connectivity index (χ0) is 10.9. The first-order valence-corrected chi connectivity index (χ1v) is 3.68. The number of carboxylic acids is 1. The molecule has 0 aliphatic carbocycles. The Kier molecular flexibility index (Phi) is 2.64. The van der Waals surface area contributed by atoms with Gasteiger partial charge in [0.05, 0.1) is 0 Å². The molecule has 0 spiro atoms. The van der Waals surface area contributed by atoms with Gasteiger partial charge in [-0.05, 0) is 13.0 Å². The third-order valence-corrected chi connectivity index (χ3v) is 1.74. The van der Waals surface area contributed by atoms with Crippen LogP contribution < -0.4 is 5.56 Å². The average Bonchev–Trinajstić information content (AvgIpc) is 2.02. The summed E-state index contributed by atoms with van der Waals surface area (Å²) in [6, 6.07) is 0.696. The van der Waals surface area contributed by atoms with Gasteiger partial charge in [-0.25, -0.2) is 13.6 Å². The lowest BCUT2D eigenvalue weighted by atomic mass is 10.1. The molecule has 0 aromatic carbocycles. The maximum Gasteiger partial charge on any atom is 0.341 e. The molecule has 0 amide bonds. The van der Waals surface area contributed by atoms with Crippen LogP contribution in [0, 0.1) is 6.92 Å². The fourth-order valence-corrected chi connectivity index (χ4v) is 1.02. The van der Waals surface area contributed by atoms with Crippen LogP contribution in [0.3, 0.4) is 0 Å². The Morgan fingerprint density at radius 3 is 2.57 bits per heavy atom. The minimum Gasteiger partial charge on any atom is -0.477 e. The minimum atomic E-state index is -2.80. The molecule has 0 aliphatic rings. The molecule has 14 heavy (non-hydrogen) atoms. The van der Waals surface area contributed by atoms with Crippen LogP contribution in [0.5, 0.6) is 0 Å². The van der Waals surface area contributed by atoms with E-state index in [1.165, 1.54) is 6.92 Å². The number of aryl methyl sites for hydroxylation is 1. The van der Waals surface area contributed by atoms with Gasteiger partial charge in [0.25, 0.3) is 12.0 Å². The van der Waals surface area contributed by atoms with Crippen molar-refractivity contribution in [3.8, 4) is 0 Å². The van der Waals surface area contributed by atoms with Crippen molar-refractivity contribution in [3.63, 3.8) is 0 Å². The van der Waals surface area contributed by atoms with Crippen LogP contribution in [0.25, 0.3) is 0 Å². The number of H-pyrrole nitrogens is 1. The molecule has 1 aromatic heterocycles. The zero-order valence-corrected chi connectivity index (χ0v) is 7.17. The van der Waals surface area contributed by atoms with Crippen LogP contribution >= 0.6 is 0 Å². The normalized spacial score (nSPS) is 10.6. The predicted octanol–water partition coefficient (Wildman–Crippen LogP) is 1.32. The Hall–Kier alpha value is -1.72. The van der Waals surface area contributed by atoms with Crippen molar-refractivity contribution >= 4 is 5.97 Å². The van der Waals surface area contributed by atoms with E-state index in [0.29, 0.717) is 6.07 Å². The highest BCUT2D eigenvalue weighted by Crippen LogP contribution is 2.20. The van der Waals surface area contributed by atoms with E-state index in [1.807, 2.05) is 0 Å². The van der Waals surface area contributed by atoms with Gasteiger partial charge in [-0.1, -0.05) is 0 Å². The fraction of sp³-hybridized carbons (Fsp3) is 0.250. The summed E-state index contributed by atoms with van der Waals surface area (Å²) in [4.78, 5) is 23.5. The van der Waals surface area contributed by atoms with Crippen molar-refractivity contribution in [1.29, 1.82) is 0 Å². The summed E-state index contributed by atoms with van der Waals surface area (Å²) in [5.74, 6) is -1.52. The van der Waals surface area contributed by atoms with E-state index in [0.717, 1.165) is 0 Å². The van der Waals surface area contributed by atoms with Crippen LogP contribution in [0.1, 0.15) is 28.0 Å². The molecule has 0 unspecified atom stereocenters. The Balaban J connectivity index is 3.42. The topological polar surface area (TPSA) is 70.2 Å². The first kappa shape index (κ1) is 10.4. The van der Waals surface area contributed by atoms with Gasteiger partial charge >= 0.3 is 5.97 Å². The highest BCUT2D eigenvalue weighted by molar-refractivity contribution is 5.87. The van der Waals surface area contributed by atoms with Crippen LogP contribution in [0.4, 0.5) is 8.78 Å². The van der Waals surface area contributed by atoms with Crippen molar-refractivity contribution in [3.05, 3.63) is 33.2 Å². The SMILES string of the molecule is Cc1[nH]c(=O)c(C(=O)O)cc1C(F)F. The molecule has 1 rings (SSSR count). The number of nitrogens with one attached hydrogen (secondary N) is 1. The predicted molar refractivity (Wildman–Crippen MR) is 43.7 cm³/mol. The maximum atomic E-state index is 12.3. The Labute approximate surface area is 77.2 Å². The van der Waals surface area contributed by atoms with Gasteiger partial charge in [0, 0.05) is 11.3 Å². The maximum absolute atomic E-state index is 12.3. The summed E-state index contributed by atoms with van der Waals surface area (Å²) in [5.41, 5.74) is -2.04. The number of halogens is 2. The number of alkyl halides is 2. The molecule has 2 N–H and O–H groups in total. The van der Waals surface area contributed by atoms with Gasteiger partial charge in [0.1, 0.15) is 5.56 Å². The molecule has 4 nitrogen and oxygen atoms in total. The third-order valence-electron chi connectivity index (χ3n) is 1.74. The summed E-state index contributed by atoms with van der Waals surface area (Å²) in [7, 11) is 0. The molecular weight excluding hydrogens is 196 g/mol. The number of hydrogen-bond acceptors (Lipinski definition) is 2. The van der Waals surface area contributed by atoms with Crippen molar-refractivity contribution in [2.24, 2.45) is 0 Å². The minimum absolute atomic E-state index is 0.0185. The van der Waals surface area contributed by atoms with Crippen molar-refractivity contribution < 1.29 is 18.7 Å². The van der Waals surface area contributed by atoms with Crippen LogP contribution in [0.15, 0.2) is 10.9 Å². The van der Waals surface area contributed by atoms with E-state index < -0.39 is 29.1 Å². The second kappa shape index (κ2) is 3.57. The number of aromatic carboxylic acids is 1. The van der Waals surface area contributed by atoms with E-state index in [2.05, 4.69) is 4.98 Å². The number of carbonyl (C=O) groups is 1. The summed E-state index contributed by atoms with van der Waals surface area (Å²) in [6.07, 6.45) is -2.80. The smallest absolute Gasteiger partial charge is 0.341 e. The Morgan fingerprint density at radius 1 is 1.57 bits per heavy atom. The molecule has 1 aromatic rings. The molecule has 0 atom stereocenters. The summed E-state index contributed by atoms with van der Waals surface area (Å²) in [6.45, 7) is 1.29. The lowest BCUT2D eigenvalue weighted by Gasteiger charge is -2.04. The van der Waals surface area contributed by atoms with Gasteiger partial charge in [0.15, 0.2) is 0 Å². The number of carboxylic acid groups (broad SMARTS) is 1. The van der Waals surface area contributed by atoms with E-state index in [4.69, 9.17) is 5.11 Å². The number of aromatic nitrogens is 1. The lowest BCUT2D eigenvalue weighted by Crippen LogP contribution is -2.19. The lowest BCUT2D eigenvalue weighted by molar-refractivity contribution is 0.0694. The summed E-state index contributed by atoms with van der Waals surface area (Å²) in [5, 5.41) is 8.50. The molecule has 1 heterocycles. The molecule has 0 saturated carbocycles. The van der Waals surface area contributed by atoms with Crippen molar-refractivity contribution in [1.82, 2.24) is 4.98 Å². The van der Waals surface area contributed by atoms with Crippen molar-refractivity contribution in [2.45, 2.75) is 13.3 Å². The summed E-state index contributed by atoms with van der Waals surface area (Å²) >= 11 is 0. The number of hydrogen-bond donors (Lipinski definition) is 2. The number of rotatable bonds is 2. The molecular formula is C8H7F2NO3. The quantitative estimate of drug-likeness (QED) is 0.761. The molecule has 0 radical (unpaired) electrons. The molecule has 0 bridgehead atoms. The Morgan fingerprint density at radius 2 is 2.14 bits per heavy atom. The number of aromatic amines is 1. The largest absolute Gasteiger partial charge is 0.477 e. The fourth-order valence-electron chi connectivity index (χ4n) is 1.02. The van der Waals surface area contributed by atoms with E-state index in [9.17, 15) is 18.4 Å². The van der Waals surface area contributed by atoms with Gasteiger partial charge in [-0.15, -0.1) is 0 Å². The average molecular weight is 203 g/mol. The third kappa shape index (κ3) is 1.78. The van der Waals surface area contributed by atoms with Crippen LogP contribution in [-0.2, 0) is 0 Å². The van der Waals surface area contributed by atoms with E-state index in [-0.39, 0.29) is 5.69 Å². The number of pyridine rings is 1. The standard InChI is InChI=1S/C8H7F2NO3/c1-3-4(6(9)10)2-5(8(13)14)7(12)11-3/h2,6H,1H3,(H,11,12)(H,13,14). The molecule has 0 aliphatic heterocycles. The Bertz CT molecular complexity index is 425.